The lowest BCUT2D eigenvalue weighted by Crippen LogP contribution is -2.38. The Labute approximate surface area is 193 Å². The molecule has 2 fully saturated rings. The molecule has 1 aromatic heterocycles. The Morgan fingerprint density at radius 1 is 1.16 bits per heavy atom. The number of hydrogen-bond acceptors (Lipinski definition) is 5. The van der Waals surface area contributed by atoms with Crippen molar-refractivity contribution in [2.45, 2.75) is 32.6 Å². The van der Waals surface area contributed by atoms with Gasteiger partial charge >= 0.3 is 11.9 Å². The Kier molecular flexibility index (Phi) is 6.48. The Morgan fingerprint density at radius 3 is 2.48 bits per heavy atom. The average Bonchev–Trinajstić information content (AvgIpc) is 3.47. The van der Waals surface area contributed by atoms with Crippen LogP contribution in [0.2, 0.25) is 0 Å². The molecule has 2 aromatic rings. The van der Waals surface area contributed by atoms with Gasteiger partial charge in [0.25, 0.3) is 0 Å². The van der Waals surface area contributed by atoms with Crippen LogP contribution in [0, 0.1) is 23.7 Å². The highest BCUT2D eigenvalue weighted by molar-refractivity contribution is 9.10. The number of carboxylic acid groups (broad SMARTS) is 1. The van der Waals surface area contributed by atoms with Crippen LogP contribution in [0.1, 0.15) is 43.0 Å². The number of carbonyl (C=O) groups excluding carboxylic acids is 2. The predicted molar refractivity (Wildman–Crippen MR) is 122 cm³/mol. The van der Waals surface area contributed by atoms with Crippen molar-refractivity contribution in [2.24, 2.45) is 23.7 Å². The summed E-state index contributed by atoms with van der Waals surface area (Å²) in [5.41, 5.74) is 1.85. The molecule has 1 heterocycles. The molecule has 0 aliphatic heterocycles. The maximum absolute atomic E-state index is 13.2. The van der Waals surface area contributed by atoms with Crippen molar-refractivity contribution in [3.05, 3.63) is 39.7 Å². The molecular weight excluding hydrogens is 482 g/mol. The van der Waals surface area contributed by atoms with Gasteiger partial charge in [-0.15, -0.1) is 11.3 Å². The molecule has 0 unspecified atom stereocenters. The van der Waals surface area contributed by atoms with Gasteiger partial charge in [0.15, 0.2) is 0 Å². The van der Waals surface area contributed by atoms with Crippen molar-refractivity contribution in [1.29, 1.82) is 0 Å². The third-order valence-electron chi connectivity index (χ3n) is 6.33. The van der Waals surface area contributed by atoms with Crippen molar-refractivity contribution >= 4 is 50.1 Å². The first-order chi connectivity index (χ1) is 14.9. The SMILES string of the molecule is CCCOC(=O)c1c(-c2ccc(Br)cc2)csc1NC(=O)[C@H]1[C@H]2CC[C@@H](C2)[C@@H]1C(=O)O. The quantitative estimate of drug-likeness (QED) is 0.489. The van der Waals surface area contributed by atoms with E-state index in [-0.39, 0.29) is 24.3 Å². The summed E-state index contributed by atoms with van der Waals surface area (Å²) in [4.78, 5) is 37.9. The number of esters is 1. The Balaban J connectivity index is 1.64. The van der Waals surface area contributed by atoms with Crippen LogP contribution >= 0.6 is 27.3 Å². The van der Waals surface area contributed by atoms with Crippen molar-refractivity contribution in [3.63, 3.8) is 0 Å². The number of ether oxygens (including phenoxy) is 1. The summed E-state index contributed by atoms with van der Waals surface area (Å²) in [7, 11) is 0. The van der Waals surface area contributed by atoms with Gasteiger partial charge in [-0.1, -0.05) is 35.0 Å². The summed E-state index contributed by atoms with van der Waals surface area (Å²) in [6.45, 7) is 2.20. The fourth-order valence-electron chi connectivity index (χ4n) is 4.98. The van der Waals surface area contributed by atoms with E-state index < -0.39 is 23.8 Å². The first-order valence-electron chi connectivity index (χ1n) is 10.5. The minimum Gasteiger partial charge on any atom is -0.481 e. The third-order valence-corrected chi connectivity index (χ3v) is 7.75. The van der Waals surface area contributed by atoms with E-state index in [2.05, 4.69) is 21.2 Å². The fourth-order valence-corrected chi connectivity index (χ4v) is 6.21. The molecule has 6 nitrogen and oxygen atoms in total. The van der Waals surface area contributed by atoms with Crippen LogP contribution in [0.5, 0.6) is 0 Å². The maximum atomic E-state index is 13.2. The summed E-state index contributed by atoms with van der Waals surface area (Å²) in [5, 5.41) is 14.8. The number of amides is 1. The predicted octanol–water partition coefficient (Wildman–Crippen LogP) is 5.43. The summed E-state index contributed by atoms with van der Waals surface area (Å²) in [6, 6.07) is 7.56. The molecular formula is C23H24BrNO5S. The topological polar surface area (TPSA) is 92.7 Å². The minimum atomic E-state index is -0.906. The third kappa shape index (κ3) is 4.28. The number of nitrogens with one attached hydrogen (secondary N) is 1. The molecule has 2 aliphatic rings. The van der Waals surface area contributed by atoms with Crippen LogP contribution in [-0.2, 0) is 14.3 Å². The lowest BCUT2D eigenvalue weighted by atomic mass is 9.79. The second-order valence-corrected chi connectivity index (χ2v) is 10.0. The van der Waals surface area contributed by atoms with Gasteiger partial charge < -0.3 is 15.2 Å². The highest BCUT2D eigenvalue weighted by Crippen LogP contribution is 2.53. The normalized spacial score (nSPS) is 24.2. The number of halogens is 1. The number of carbonyl (C=O) groups is 3. The first kappa shape index (κ1) is 22.0. The number of hydrogen-bond donors (Lipinski definition) is 2. The molecule has 2 aliphatic carbocycles. The Morgan fingerprint density at radius 2 is 1.84 bits per heavy atom. The highest BCUT2D eigenvalue weighted by atomic mass is 79.9. The Hall–Kier alpha value is -2.19. The summed E-state index contributed by atoms with van der Waals surface area (Å²) in [6.07, 6.45) is 3.23. The molecule has 2 bridgehead atoms. The van der Waals surface area contributed by atoms with Gasteiger partial charge in [-0.2, -0.15) is 0 Å². The van der Waals surface area contributed by atoms with E-state index >= 15 is 0 Å². The average molecular weight is 506 g/mol. The molecule has 4 rings (SSSR count). The first-order valence-corrected chi connectivity index (χ1v) is 12.2. The van der Waals surface area contributed by atoms with Crippen molar-refractivity contribution in [3.8, 4) is 11.1 Å². The van der Waals surface area contributed by atoms with E-state index in [1.54, 1.807) is 0 Å². The molecule has 0 saturated heterocycles. The van der Waals surface area contributed by atoms with Crippen LogP contribution in [0.4, 0.5) is 5.00 Å². The molecule has 0 radical (unpaired) electrons. The van der Waals surface area contributed by atoms with Crippen LogP contribution in [0.25, 0.3) is 11.1 Å². The van der Waals surface area contributed by atoms with Crippen molar-refractivity contribution in [1.82, 2.24) is 0 Å². The van der Waals surface area contributed by atoms with Crippen LogP contribution in [0.15, 0.2) is 34.1 Å². The Bertz CT molecular complexity index is 1000. The largest absolute Gasteiger partial charge is 0.481 e. The van der Waals surface area contributed by atoms with Crippen LogP contribution < -0.4 is 5.32 Å². The second-order valence-electron chi connectivity index (χ2n) is 8.21. The minimum absolute atomic E-state index is 0.0638. The molecule has 2 N–H and O–H groups in total. The highest BCUT2D eigenvalue weighted by Gasteiger charge is 2.54. The fraction of sp³-hybridized carbons (Fsp3) is 0.435. The molecule has 4 atom stereocenters. The zero-order valence-electron chi connectivity index (χ0n) is 17.1. The van der Waals surface area contributed by atoms with E-state index in [1.165, 1.54) is 11.3 Å². The number of anilines is 1. The molecule has 2 saturated carbocycles. The zero-order valence-corrected chi connectivity index (χ0v) is 19.5. The number of fused-ring (bicyclic) bond motifs is 2. The molecule has 8 heteroatoms. The molecule has 1 aromatic carbocycles. The summed E-state index contributed by atoms with van der Waals surface area (Å²) < 4.78 is 6.31. The smallest absolute Gasteiger partial charge is 0.341 e. The monoisotopic (exact) mass is 505 g/mol. The second kappa shape index (κ2) is 9.12. The van der Waals surface area contributed by atoms with Crippen LogP contribution in [-0.4, -0.2) is 29.6 Å². The van der Waals surface area contributed by atoms with Crippen molar-refractivity contribution in [2.75, 3.05) is 11.9 Å². The maximum Gasteiger partial charge on any atom is 0.341 e. The van der Waals surface area contributed by atoms with Gasteiger partial charge in [-0.25, -0.2) is 4.79 Å². The standard InChI is InChI=1S/C23H24BrNO5S/c1-2-9-30-23(29)19-16(12-5-7-15(24)8-6-12)11-31-21(19)25-20(26)17-13-3-4-14(10-13)18(17)22(27)28/h5-8,11,13-14,17-18H,2-4,9-10H2,1H3,(H,25,26)(H,27,28)/t13-,14-,17-,18-/m0/s1. The number of aliphatic carboxylic acids is 1. The van der Waals surface area contributed by atoms with E-state index in [0.717, 1.165) is 29.3 Å². The van der Waals surface area contributed by atoms with Gasteiger partial charge in [0, 0.05) is 15.4 Å². The van der Waals surface area contributed by atoms with E-state index in [9.17, 15) is 19.5 Å². The molecule has 31 heavy (non-hydrogen) atoms. The molecule has 0 spiro atoms. The molecule has 1 amide bonds. The van der Waals surface area contributed by atoms with E-state index in [0.29, 0.717) is 22.5 Å². The van der Waals surface area contributed by atoms with E-state index in [1.807, 2.05) is 36.6 Å². The van der Waals surface area contributed by atoms with Crippen LogP contribution in [0.3, 0.4) is 0 Å². The van der Waals surface area contributed by atoms with Gasteiger partial charge in [0.05, 0.1) is 18.4 Å². The number of thiophene rings is 1. The lowest BCUT2D eigenvalue weighted by molar-refractivity contribution is -0.148. The van der Waals surface area contributed by atoms with Crippen molar-refractivity contribution < 1.29 is 24.2 Å². The van der Waals surface area contributed by atoms with Gasteiger partial charge in [-0.05, 0) is 55.2 Å². The lowest BCUT2D eigenvalue weighted by Gasteiger charge is -2.27. The number of benzene rings is 1. The molecule has 164 valence electrons. The van der Waals surface area contributed by atoms with Gasteiger partial charge in [0.2, 0.25) is 5.91 Å². The van der Waals surface area contributed by atoms with Gasteiger partial charge in [0.1, 0.15) is 10.6 Å². The van der Waals surface area contributed by atoms with E-state index in [4.69, 9.17) is 4.74 Å². The summed E-state index contributed by atoms with van der Waals surface area (Å²) in [5.74, 6) is -2.76. The van der Waals surface area contributed by atoms with Gasteiger partial charge in [-0.3, -0.25) is 9.59 Å². The zero-order chi connectivity index (χ0) is 22.1. The number of rotatable bonds is 7. The summed E-state index contributed by atoms with van der Waals surface area (Å²) >= 11 is 4.68. The number of carboxylic acids is 1.